The molecule has 1 fully saturated rings. The van der Waals surface area contributed by atoms with Gasteiger partial charge in [-0.3, -0.25) is 9.52 Å². The Hall–Kier alpha value is -1.73. The van der Waals surface area contributed by atoms with Crippen molar-refractivity contribution in [2.75, 3.05) is 11.4 Å². The average Bonchev–Trinajstić information content (AvgIpc) is 2.87. The first-order chi connectivity index (χ1) is 12.3. The minimum atomic E-state index is -1.61. The van der Waals surface area contributed by atoms with Gasteiger partial charge in [0.2, 0.25) is 0 Å². The second-order valence-corrected chi connectivity index (χ2v) is 9.28. The van der Waals surface area contributed by atoms with E-state index in [1.165, 1.54) is 0 Å². The summed E-state index contributed by atoms with van der Waals surface area (Å²) in [5, 5.41) is 0. The molecule has 2 heterocycles. The van der Waals surface area contributed by atoms with Crippen LogP contribution in [0.15, 0.2) is 52.0 Å². The smallest absolute Gasteiger partial charge is 0.266 e. The molecule has 138 valence electrons. The van der Waals surface area contributed by atoms with E-state index in [0.717, 1.165) is 13.0 Å². The molecule has 2 aromatic rings. The number of pyridine rings is 1. The van der Waals surface area contributed by atoms with Gasteiger partial charge in [-0.2, -0.15) is 0 Å². The van der Waals surface area contributed by atoms with E-state index in [2.05, 4.69) is 51.3 Å². The number of aromatic nitrogens is 1. The number of benzene rings is 1. The fourth-order valence-electron chi connectivity index (χ4n) is 3.51. The summed E-state index contributed by atoms with van der Waals surface area (Å²) in [5.41, 5.74) is 0.334. The molecule has 1 aromatic carbocycles. The lowest BCUT2D eigenvalue weighted by Crippen LogP contribution is -2.40. The first-order valence-electron chi connectivity index (χ1n) is 8.50. The van der Waals surface area contributed by atoms with Crippen molar-refractivity contribution in [1.29, 1.82) is 0 Å². The molecule has 7 heteroatoms. The van der Waals surface area contributed by atoms with Gasteiger partial charge in [0.25, 0.3) is 5.91 Å². The van der Waals surface area contributed by atoms with E-state index in [1.54, 1.807) is 36.4 Å². The number of carbonyl (C=O) groups is 1. The van der Waals surface area contributed by atoms with Gasteiger partial charge in [-0.15, -0.1) is 0 Å². The summed E-state index contributed by atoms with van der Waals surface area (Å²) in [6.07, 6.45) is 1.03. The molecule has 26 heavy (non-hydrogen) atoms. The fourth-order valence-corrected chi connectivity index (χ4v) is 4.61. The van der Waals surface area contributed by atoms with Gasteiger partial charge < -0.3 is 4.90 Å². The van der Waals surface area contributed by atoms with Crippen LogP contribution >= 0.6 is 15.9 Å². The number of halogens is 1. The molecular weight excluding hydrogens is 414 g/mol. The highest BCUT2D eigenvalue weighted by Crippen LogP contribution is 2.37. The predicted octanol–water partition coefficient (Wildman–Crippen LogP) is 3.92. The van der Waals surface area contributed by atoms with Crippen LogP contribution in [-0.4, -0.2) is 27.2 Å². The molecule has 3 rings (SSSR count). The van der Waals surface area contributed by atoms with Crippen molar-refractivity contribution in [2.45, 2.75) is 37.6 Å². The summed E-state index contributed by atoms with van der Waals surface area (Å²) >= 11 is 3.40. The van der Waals surface area contributed by atoms with E-state index < -0.39 is 16.9 Å². The molecule has 0 bridgehead atoms. The Morgan fingerprint density at radius 3 is 2.58 bits per heavy atom. The minimum Gasteiger partial charge on any atom is -0.351 e. The van der Waals surface area contributed by atoms with Gasteiger partial charge in [-0.1, -0.05) is 25.1 Å². The van der Waals surface area contributed by atoms with Gasteiger partial charge in [-0.25, -0.2) is 9.19 Å². The quantitative estimate of drug-likeness (QED) is 0.739. The number of rotatable bonds is 4. The van der Waals surface area contributed by atoms with Crippen molar-refractivity contribution in [3.05, 3.63) is 52.6 Å². The molecule has 1 N–H and O–H groups in total. The standard InChI is InChI=1S/C19H22BrN3O2S/c1-13-11-19(2,3)23(12-13)17-15(9-10-16(20)21-17)18(24)22-26(25)14-7-5-4-6-8-14/h4-10,13H,11-12H2,1-3H3,(H,22,24). The van der Waals surface area contributed by atoms with E-state index >= 15 is 0 Å². The Bertz CT molecular complexity index is 842. The highest BCUT2D eigenvalue weighted by molar-refractivity contribution is 9.10. The predicted molar refractivity (Wildman–Crippen MR) is 107 cm³/mol. The zero-order valence-corrected chi connectivity index (χ0v) is 17.4. The second-order valence-electron chi connectivity index (χ2n) is 7.25. The number of amides is 1. The largest absolute Gasteiger partial charge is 0.351 e. The van der Waals surface area contributed by atoms with Gasteiger partial charge >= 0.3 is 0 Å². The SMILES string of the molecule is CC1CN(c2nc(Br)ccc2C(=O)NS(=O)c2ccccc2)C(C)(C)C1. The number of hydrogen-bond donors (Lipinski definition) is 1. The van der Waals surface area contributed by atoms with Crippen LogP contribution in [0.25, 0.3) is 0 Å². The maximum atomic E-state index is 12.8. The van der Waals surface area contributed by atoms with E-state index in [0.29, 0.717) is 26.8 Å². The first-order valence-corrected chi connectivity index (χ1v) is 10.4. The Morgan fingerprint density at radius 2 is 1.96 bits per heavy atom. The Morgan fingerprint density at radius 1 is 1.27 bits per heavy atom. The number of nitrogens with zero attached hydrogens (tertiary/aromatic N) is 2. The van der Waals surface area contributed by atoms with Crippen molar-refractivity contribution >= 4 is 38.6 Å². The lowest BCUT2D eigenvalue weighted by Gasteiger charge is -2.33. The van der Waals surface area contributed by atoms with Gasteiger partial charge in [0.05, 0.1) is 10.5 Å². The zero-order chi connectivity index (χ0) is 18.9. The molecule has 0 aliphatic carbocycles. The molecule has 1 aliphatic rings. The Balaban J connectivity index is 1.91. The maximum Gasteiger partial charge on any atom is 0.266 e. The molecule has 2 unspecified atom stereocenters. The number of anilines is 1. The molecule has 0 spiro atoms. The third-order valence-corrected chi connectivity index (χ3v) is 6.07. The van der Waals surface area contributed by atoms with Crippen LogP contribution in [0.2, 0.25) is 0 Å². The molecule has 0 radical (unpaired) electrons. The lowest BCUT2D eigenvalue weighted by atomic mass is 9.97. The van der Waals surface area contributed by atoms with Gasteiger partial charge in [0.15, 0.2) is 11.0 Å². The van der Waals surface area contributed by atoms with E-state index in [1.807, 2.05) is 6.07 Å². The zero-order valence-electron chi connectivity index (χ0n) is 15.0. The van der Waals surface area contributed by atoms with Gasteiger partial charge in [0, 0.05) is 12.1 Å². The van der Waals surface area contributed by atoms with Gasteiger partial charge in [-0.05, 0) is 66.4 Å². The average molecular weight is 436 g/mol. The van der Waals surface area contributed by atoms with Crippen LogP contribution in [0.5, 0.6) is 0 Å². The summed E-state index contributed by atoms with van der Waals surface area (Å²) in [6.45, 7) is 7.34. The number of nitrogens with one attached hydrogen (secondary N) is 1. The fraction of sp³-hybridized carbons (Fsp3) is 0.368. The van der Waals surface area contributed by atoms with Crippen molar-refractivity contribution in [2.24, 2.45) is 5.92 Å². The van der Waals surface area contributed by atoms with Crippen LogP contribution in [0.3, 0.4) is 0 Å². The van der Waals surface area contributed by atoms with Crippen molar-refractivity contribution < 1.29 is 9.00 Å². The van der Waals surface area contributed by atoms with E-state index in [-0.39, 0.29) is 5.54 Å². The van der Waals surface area contributed by atoms with E-state index in [4.69, 9.17) is 0 Å². The highest BCUT2D eigenvalue weighted by Gasteiger charge is 2.39. The first kappa shape index (κ1) is 19.0. The minimum absolute atomic E-state index is 0.0964. The topological polar surface area (TPSA) is 62.3 Å². The molecule has 5 nitrogen and oxygen atoms in total. The summed E-state index contributed by atoms with van der Waals surface area (Å²) < 4.78 is 15.7. The molecule has 1 aliphatic heterocycles. The summed E-state index contributed by atoms with van der Waals surface area (Å²) in [6, 6.07) is 12.3. The summed E-state index contributed by atoms with van der Waals surface area (Å²) in [7, 11) is -1.61. The molecular formula is C19H22BrN3O2S. The van der Waals surface area contributed by atoms with Crippen LogP contribution in [0.1, 0.15) is 37.6 Å². The highest BCUT2D eigenvalue weighted by atomic mass is 79.9. The molecule has 1 saturated heterocycles. The van der Waals surface area contributed by atoms with E-state index in [9.17, 15) is 9.00 Å². The van der Waals surface area contributed by atoms with Gasteiger partial charge in [0.1, 0.15) is 10.4 Å². The maximum absolute atomic E-state index is 12.8. The Kier molecular flexibility index (Phi) is 5.48. The summed E-state index contributed by atoms with van der Waals surface area (Å²) in [5.74, 6) is 0.744. The van der Waals surface area contributed by atoms with Crippen LogP contribution < -0.4 is 9.62 Å². The monoisotopic (exact) mass is 435 g/mol. The van der Waals surface area contributed by atoms with Crippen LogP contribution in [0.4, 0.5) is 5.82 Å². The van der Waals surface area contributed by atoms with Crippen molar-refractivity contribution in [1.82, 2.24) is 9.71 Å². The molecule has 1 amide bonds. The number of carbonyl (C=O) groups excluding carboxylic acids is 1. The molecule has 1 aromatic heterocycles. The normalized spacial score (nSPS) is 20.0. The van der Waals surface area contributed by atoms with Crippen LogP contribution in [-0.2, 0) is 11.0 Å². The third kappa shape index (κ3) is 3.99. The number of hydrogen-bond acceptors (Lipinski definition) is 4. The summed E-state index contributed by atoms with van der Waals surface area (Å²) in [4.78, 5) is 20.1. The molecule has 0 saturated carbocycles. The Labute approximate surface area is 164 Å². The van der Waals surface area contributed by atoms with Crippen LogP contribution in [0, 0.1) is 5.92 Å². The third-order valence-electron chi connectivity index (χ3n) is 4.56. The van der Waals surface area contributed by atoms with Crippen molar-refractivity contribution in [3.8, 4) is 0 Å². The van der Waals surface area contributed by atoms with Crippen molar-refractivity contribution in [3.63, 3.8) is 0 Å². The molecule has 2 atom stereocenters. The lowest BCUT2D eigenvalue weighted by molar-refractivity contribution is 0.0983. The second kappa shape index (κ2) is 7.48.